The molecule has 184 valence electrons. The van der Waals surface area contributed by atoms with E-state index in [9.17, 15) is 9.59 Å². The molecule has 4 nitrogen and oxygen atoms in total. The number of fused-ring (bicyclic) bond motifs is 1. The molecule has 0 spiro atoms. The molecule has 5 heteroatoms. The van der Waals surface area contributed by atoms with Gasteiger partial charge in [0.2, 0.25) is 0 Å². The molecule has 0 aliphatic rings. The Labute approximate surface area is 221 Å². The van der Waals surface area contributed by atoms with E-state index in [1.165, 1.54) is 11.8 Å². The van der Waals surface area contributed by atoms with Crippen LogP contribution in [0.15, 0.2) is 101 Å². The van der Waals surface area contributed by atoms with Gasteiger partial charge in [-0.05, 0) is 62.6 Å². The molecule has 1 aromatic heterocycles. The minimum atomic E-state index is -0.576. The molecule has 0 aliphatic carbocycles. The Hall–Kier alpha value is -3.96. The largest absolute Gasteiger partial charge is 0.293 e. The highest BCUT2D eigenvalue weighted by molar-refractivity contribution is 8.00. The number of hydrogen-bond acceptors (Lipinski definition) is 4. The van der Waals surface area contributed by atoms with Gasteiger partial charge in [0.05, 0.1) is 16.6 Å². The second-order valence-corrected chi connectivity index (χ2v) is 10.5. The van der Waals surface area contributed by atoms with Crippen molar-refractivity contribution in [1.29, 1.82) is 0 Å². The van der Waals surface area contributed by atoms with Gasteiger partial charge in [-0.25, -0.2) is 4.98 Å². The standard InChI is InChI=1S/C32H28N2O2S/c1-20-12-16-24(17-13-20)29(35)30(25-18-14-21(2)15-19-25)37-32-33-27-10-6-5-9-26(27)31(36)34(32)28-11-7-8-22(3)23(28)4/h5-19,30H,1-4H3/t30-/m0/s1. The minimum absolute atomic E-state index is 0.0243. The van der Waals surface area contributed by atoms with E-state index >= 15 is 0 Å². The van der Waals surface area contributed by atoms with E-state index in [-0.39, 0.29) is 11.3 Å². The van der Waals surface area contributed by atoms with Crippen LogP contribution >= 0.6 is 11.8 Å². The Bertz CT molecular complexity index is 1670. The Balaban J connectivity index is 1.73. The first kappa shape index (κ1) is 24.7. The predicted octanol–water partition coefficient (Wildman–Crippen LogP) is 7.34. The zero-order chi connectivity index (χ0) is 26.1. The molecule has 0 unspecified atom stereocenters. The number of benzene rings is 4. The van der Waals surface area contributed by atoms with Crippen LogP contribution in [-0.4, -0.2) is 15.3 Å². The van der Waals surface area contributed by atoms with Crippen molar-refractivity contribution < 1.29 is 4.79 Å². The molecule has 37 heavy (non-hydrogen) atoms. The number of thioether (sulfide) groups is 1. The van der Waals surface area contributed by atoms with E-state index in [4.69, 9.17) is 4.98 Å². The molecule has 0 fully saturated rings. The van der Waals surface area contributed by atoms with Gasteiger partial charge in [-0.3, -0.25) is 14.2 Å². The highest BCUT2D eigenvalue weighted by Gasteiger charge is 2.27. The van der Waals surface area contributed by atoms with Crippen LogP contribution in [-0.2, 0) is 0 Å². The van der Waals surface area contributed by atoms with Crippen LogP contribution in [0.5, 0.6) is 0 Å². The Morgan fingerprint density at radius 1 is 0.784 bits per heavy atom. The van der Waals surface area contributed by atoms with Crippen LogP contribution in [0, 0.1) is 27.7 Å². The van der Waals surface area contributed by atoms with E-state index in [1.807, 2.05) is 113 Å². The lowest BCUT2D eigenvalue weighted by Gasteiger charge is -2.20. The molecule has 0 radical (unpaired) electrons. The summed E-state index contributed by atoms with van der Waals surface area (Å²) >= 11 is 1.32. The van der Waals surface area contributed by atoms with E-state index in [0.717, 1.165) is 33.5 Å². The lowest BCUT2D eigenvalue weighted by atomic mass is 10.0. The van der Waals surface area contributed by atoms with Crippen molar-refractivity contribution in [3.05, 3.63) is 135 Å². The van der Waals surface area contributed by atoms with E-state index in [0.29, 0.717) is 21.6 Å². The quantitative estimate of drug-likeness (QED) is 0.138. The Kier molecular flexibility index (Phi) is 6.81. The molecule has 1 atom stereocenters. The van der Waals surface area contributed by atoms with Crippen LogP contribution < -0.4 is 5.56 Å². The van der Waals surface area contributed by atoms with Crippen molar-refractivity contribution in [1.82, 2.24) is 9.55 Å². The minimum Gasteiger partial charge on any atom is -0.293 e. The summed E-state index contributed by atoms with van der Waals surface area (Å²) in [6.07, 6.45) is 0. The van der Waals surface area contributed by atoms with E-state index < -0.39 is 5.25 Å². The average Bonchev–Trinajstić information content (AvgIpc) is 2.90. The number of rotatable bonds is 6. The normalized spacial score (nSPS) is 12.0. The van der Waals surface area contributed by atoms with Crippen molar-refractivity contribution in [3.8, 4) is 5.69 Å². The first-order valence-corrected chi connectivity index (χ1v) is 13.1. The first-order valence-electron chi connectivity index (χ1n) is 12.3. The number of nitrogens with zero attached hydrogens (tertiary/aromatic N) is 2. The summed E-state index contributed by atoms with van der Waals surface area (Å²) in [6, 6.07) is 28.9. The van der Waals surface area contributed by atoms with Crippen molar-refractivity contribution in [2.24, 2.45) is 0 Å². The molecule has 4 aromatic carbocycles. The van der Waals surface area contributed by atoms with Crippen LogP contribution in [0.4, 0.5) is 0 Å². The van der Waals surface area contributed by atoms with Gasteiger partial charge < -0.3 is 0 Å². The molecule has 0 saturated carbocycles. The number of para-hydroxylation sites is 1. The van der Waals surface area contributed by atoms with E-state index in [2.05, 4.69) is 0 Å². The molecule has 1 heterocycles. The Morgan fingerprint density at radius 2 is 1.43 bits per heavy atom. The monoisotopic (exact) mass is 504 g/mol. The molecule has 5 rings (SSSR count). The highest BCUT2D eigenvalue weighted by atomic mass is 32.2. The molecule has 0 bridgehead atoms. The summed E-state index contributed by atoms with van der Waals surface area (Å²) in [4.78, 5) is 32.7. The van der Waals surface area contributed by atoms with Crippen LogP contribution in [0.3, 0.4) is 0 Å². The van der Waals surface area contributed by atoms with Crippen molar-refractivity contribution in [3.63, 3.8) is 0 Å². The molecular formula is C32H28N2O2S. The maximum Gasteiger partial charge on any atom is 0.266 e. The fourth-order valence-corrected chi connectivity index (χ4v) is 5.56. The molecule has 0 amide bonds. The summed E-state index contributed by atoms with van der Waals surface area (Å²) in [7, 11) is 0. The average molecular weight is 505 g/mol. The number of carbonyl (C=O) groups excluding carboxylic acids is 1. The smallest absolute Gasteiger partial charge is 0.266 e. The third kappa shape index (κ3) is 4.87. The zero-order valence-electron chi connectivity index (χ0n) is 21.4. The number of carbonyl (C=O) groups is 1. The maximum atomic E-state index is 13.9. The molecule has 0 aliphatic heterocycles. The van der Waals surface area contributed by atoms with Gasteiger partial charge >= 0.3 is 0 Å². The zero-order valence-corrected chi connectivity index (χ0v) is 22.2. The van der Waals surface area contributed by atoms with Gasteiger partial charge in [0.15, 0.2) is 10.9 Å². The third-order valence-electron chi connectivity index (χ3n) is 6.74. The third-order valence-corrected chi connectivity index (χ3v) is 7.95. The maximum absolute atomic E-state index is 13.9. The fourth-order valence-electron chi connectivity index (χ4n) is 4.37. The van der Waals surface area contributed by atoms with Crippen LogP contribution in [0.2, 0.25) is 0 Å². The fraction of sp³-hybridized carbons (Fsp3) is 0.156. The lowest BCUT2D eigenvalue weighted by molar-refractivity contribution is 0.0989. The number of aryl methyl sites for hydroxylation is 3. The topological polar surface area (TPSA) is 52.0 Å². The van der Waals surface area contributed by atoms with Gasteiger partial charge in [-0.15, -0.1) is 0 Å². The number of hydrogen-bond donors (Lipinski definition) is 0. The van der Waals surface area contributed by atoms with E-state index in [1.54, 1.807) is 10.6 Å². The lowest BCUT2D eigenvalue weighted by Crippen LogP contribution is -2.23. The number of Topliss-reactive ketones (excluding diaryl/α,β-unsaturated/α-hetero) is 1. The summed E-state index contributed by atoms with van der Waals surface area (Å²) in [5.41, 5.74) is 7.04. The number of ketones is 1. The van der Waals surface area contributed by atoms with Crippen LogP contribution in [0.1, 0.15) is 43.4 Å². The molecule has 0 N–H and O–H groups in total. The Morgan fingerprint density at radius 3 is 2.14 bits per heavy atom. The summed E-state index contributed by atoms with van der Waals surface area (Å²) < 4.78 is 1.67. The molecule has 5 aromatic rings. The van der Waals surface area contributed by atoms with Crippen molar-refractivity contribution >= 4 is 28.4 Å². The van der Waals surface area contributed by atoms with Crippen LogP contribution in [0.25, 0.3) is 16.6 Å². The molecular weight excluding hydrogens is 476 g/mol. The summed E-state index contributed by atoms with van der Waals surface area (Å²) in [6.45, 7) is 8.07. The first-order chi connectivity index (χ1) is 17.8. The predicted molar refractivity (Wildman–Crippen MR) is 152 cm³/mol. The van der Waals surface area contributed by atoms with Gasteiger partial charge in [0, 0.05) is 5.56 Å². The summed E-state index contributed by atoms with van der Waals surface area (Å²) in [5.74, 6) is -0.0243. The summed E-state index contributed by atoms with van der Waals surface area (Å²) in [5, 5.41) is 0.459. The SMILES string of the molecule is Cc1ccc(C(=O)[C@@H](Sc2nc3ccccc3c(=O)n2-c2cccc(C)c2C)c2ccc(C)cc2)cc1. The van der Waals surface area contributed by atoms with Crippen molar-refractivity contribution in [2.75, 3.05) is 0 Å². The molecule has 0 saturated heterocycles. The second-order valence-electron chi connectivity index (χ2n) is 9.41. The van der Waals surface area contributed by atoms with Gasteiger partial charge in [0.1, 0.15) is 5.25 Å². The van der Waals surface area contributed by atoms with Gasteiger partial charge in [-0.1, -0.05) is 95.7 Å². The second kappa shape index (κ2) is 10.2. The van der Waals surface area contributed by atoms with Gasteiger partial charge in [-0.2, -0.15) is 0 Å². The number of aromatic nitrogens is 2. The van der Waals surface area contributed by atoms with Crippen molar-refractivity contribution in [2.45, 2.75) is 38.1 Å². The van der Waals surface area contributed by atoms with Gasteiger partial charge in [0.25, 0.3) is 5.56 Å². The highest BCUT2D eigenvalue weighted by Crippen LogP contribution is 2.38.